The number of carbonyl (C=O) groups excluding carboxylic acids is 1. The zero-order valence-electron chi connectivity index (χ0n) is 6.78. The Labute approximate surface area is 70.8 Å². The normalized spacial score (nSPS) is 31.5. The lowest BCUT2D eigenvalue weighted by Crippen LogP contribution is -2.35. The van der Waals surface area contributed by atoms with Gasteiger partial charge in [0.15, 0.2) is 0 Å². The van der Waals surface area contributed by atoms with Crippen molar-refractivity contribution in [2.24, 2.45) is 0 Å². The SMILES string of the molecule is CCN1C(=O)CC(SC)C1O. The van der Waals surface area contributed by atoms with E-state index in [-0.39, 0.29) is 11.2 Å². The van der Waals surface area contributed by atoms with Crippen LogP contribution in [-0.2, 0) is 4.79 Å². The standard InChI is InChI=1S/C7H13NO2S/c1-3-8-6(9)4-5(11-2)7(8)10/h5,7,10H,3-4H2,1-2H3. The third-order valence-corrected chi connectivity index (χ3v) is 3.01. The fourth-order valence-electron chi connectivity index (χ4n) is 1.31. The van der Waals surface area contributed by atoms with Crippen LogP contribution in [-0.4, -0.2) is 40.2 Å². The zero-order chi connectivity index (χ0) is 8.43. The quantitative estimate of drug-likeness (QED) is 0.655. The molecule has 1 amide bonds. The highest BCUT2D eigenvalue weighted by Gasteiger charge is 2.36. The van der Waals surface area contributed by atoms with Crippen LogP contribution in [0.3, 0.4) is 0 Å². The Balaban J connectivity index is 2.62. The lowest BCUT2D eigenvalue weighted by atomic mass is 10.3. The highest BCUT2D eigenvalue weighted by molar-refractivity contribution is 7.99. The van der Waals surface area contributed by atoms with Gasteiger partial charge in [0.2, 0.25) is 5.91 Å². The summed E-state index contributed by atoms with van der Waals surface area (Å²) < 4.78 is 0. The average molecular weight is 175 g/mol. The van der Waals surface area contributed by atoms with E-state index in [1.165, 1.54) is 4.90 Å². The molecule has 1 fully saturated rings. The minimum atomic E-state index is -0.567. The van der Waals surface area contributed by atoms with Crippen LogP contribution in [0.25, 0.3) is 0 Å². The van der Waals surface area contributed by atoms with Crippen molar-refractivity contribution in [3.63, 3.8) is 0 Å². The van der Waals surface area contributed by atoms with Gasteiger partial charge in [-0.1, -0.05) is 0 Å². The lowest BCUT2D eigenvalue weighted by molar-refractivity contribution is -0.132. The van der Waals surface area contributed by atoms with Crippen LogP contribution >= 0.6 is 11.8 Å². The van der Waals surface area contributed by atoms with E-state index in [0.29, 0.717) is 13.0 Å². The number of likely N-dealkylation sites (tertiary alicyclic amines) is 1. The Kier molecular flexibility index (Phi) is 2.78. The molecule has 0 aromatic carbocycles. The first-order valence-corrected chi connectivity index (χ1v) is 4.99. The fourth-order valence-corrected chi connectivity index (χ4v) is 2.01. The number of thioether (sulfide) groups is 1. The van der Waals surface area contributed by atoms with Crippen molar-refractivity contribution in [1.29, 1.82) is 0 Å². The van der Waals surface area contributed by atoms with Gasteiger partial charge in [-0.05, 0) is 13.2 Å². The molecule has 0 aliphatic carbocycles. The maximum Gasteiger partial charge on any atom is 0.225 e. The summed E-state index contributed by atoms with van der Waals surface area (Å²) >= 11 is 1.55. The second kappa shape index (κ2) is 3.45. The van der Waals surface area contributed by atoms with Gasteiger partial charge >= 0.3 is 0 Å². The van der Waals surface area contributed by atoms with Gasteiger partial charge in [-0.3, -0.25) is 4.79 Å². The van der Waals surface area contributed by atoms with E-state index in [1.807, 2.05) is 13.2 Å². The van der Waals surface area contributed by atoms with Gasteiger partial charge in [-0.2, -0.15) is 11.8 Å². The Bertz CT molecular complexity index is 163. The van der Waals surface area contributed by atoms with Crippen LogP contribution in [0.15, 0.2) is 0 Å². The van der Waals surface area contributed by atoms with Gasteiger partial charge in [0.05, 0.1) is 5.25 Å². The zero-order valence-corrected chi connectivity index (χ0v) is 7.60. The number of nitrogens with zero attached hydrogens (tertiary/aromatic N) is 1. The molecule has 0 aromatic heterocycles. The molecule has 0 spiro atoms. The van der Waals surface area contributed by atoms with Crippen LogP contribution in [0.2, 0.25) is 0 Å². The first kappa shape index (κ1) is 8.87. The summed E-state index contributed by atoms with van der Waals surface area (Å²) in [6, 6.07) is 0. The third-order valence-electron chi connectivity index (χ3n) is 1.99. The van der Waals surface area contributed by atoms with Crippen molar-refractivity contribution in [2.45, 2.75) is 24.8 Å². The van der Waals surface area contributed by atoms with Crippen molar-refractivity contribution in [3.05, 3.63) is 0 Å². The van der Waals surface area contributed by atoms with Gasteiger partial charge in [0, 0.05) is 13.0 Å². The minimum absolute atomic E-state index is 0.0688. The molecule has 2 atom stereocenters. The second-order valence-electron chi connectivity index (χ2n) is 2.57. The van der Waals surface area contributed by atoms with Crippen LogP contribution in [0, 0.1) is 0 Å². The summed E-state index contributed by atoms with van der Waals surface area (Å²) in [6.45, 7) is 2.49. The Hall–Kier alpha value is -0.220. The number of amides is 1. The number of hydrogen-bond acceptors (Lipinski definition) is 3. The summed E-state index contributed by atoms with van der Waals surface area (Å²) in [4.78, 5) is 12.7. The predicted octanol–water partition coefficient (Wildman–Crippen LogP) is 0.289. The molecule has 1 N–H and O–H groups in total. The number of aliphatic hydroxyl groups is 1. The molecule has 0 radical (unpaired) electrons. The Morgan fingerprint density at radius 2 is 2.45 bits per heavy atom. The second-order valence-corrected chi connectivity index (χ2v) is 3.65. The van der Waals surface area contributed by atoms with Gasteiger partial charge in [-0.15, -0.1) is 0 Å². The van der Waals surface area contributed by atoms with Gasteiger partial charge in [0.25, 0.3) is 0 Å². The molecule has 0 saturated carbocycles. The molecule has 64 valence electrons. The van der Waals surface area contributed by atoms with Crippen molar-refractivity contribution in [1.82, 2.24) is 4.90 Å². The first-order valence-electron chi connectivity index (χ1n) is 3.71. The van der Waals surface area contributed by atoms with Crippen LogP contribution in [0.1, 0.15) is 13.3 Å². The fraction of sp³-hybridized carbons (Fsp3) is 0.857. The molecule has 1 saturated heterocycles. The molecule has 1 heterocycles. The average Bonchev–Trinajstić information content (AvgIpc) is 2.26. The highest BCUT2D eigenvalue weighted by atomic mass is 32.2. The summed E-state index contributed by atoms with van der Waals surface area (Å²) in [6.07, 6.45) is 1.83. The van der Waals surface area contributed by atoms with Crippen molar-refractivity contribution in [3.8, 4) is 0 Å². The topological polar surface area (TPSA) is 40.5 Å². The van der Waals surface area contributed by atoms with Crippen molar-refractivity contribution < 1.29 is 9.90 Å². The number of rotatable bonds is 2. The summed E-state index contributed by atoms with van der Waals surface area (Å²) in [5.41, 5.74) is 0. The molecule has 1 rings (SSSR count). The smallest absolute Gasteiger partial charge is 0.225 e. The number of aliphatic hydroxyl groups excluding tert-OH is 1. The van der Waals surface area contributed by atoms with E-state index in [9.17, 15) is 9.90 Å². The van der Waals surface area contributed by atoms with E-state index in [0.717, 1.165) is 0 Å². The summed E-state index contributed by atoms with van der Waals surface area (Å²) in [5.74, 6) is 0.0688. The highest BCUT2D eigenvalue weighted by Crippen LogP contribution is 2.25. The van der Waals surface area contributed by atoms with Crippen molar-refractivity contribution in [2.75, 3.05) is 12.8 Å². The van der Waals surface area contributed by atoms with Gasteiger partial charge in [-0.25, -0.2) is 0 Å². The molecule has 1 aliphatic rings. The molecule has 1 aliphatic heterocycles. The predicted molar refractivity (Wildman–Crippen MR) is 45.3 cm³/mol. The molecular formula is C7H13NO2S. The van der Waals surface area contributed by atoms with Gasteiger partial charge in [0.1, 0.15) is 6.23 Å². The Morgan fingerprint density at radius 1 is 1.82 bits per heavy atom. The molecule has 4 heteroatoms. The van der Waals surface area contributed by atoms with E-state index >= 15 is 0 Å². The maximum atomic E-state index is 11.1. The number of hydrogen-bond donors (Lipinski definition) is 1. The van der Waals surface area contributed by atoms with E-state index < -0.39 is 6.23 Å². The molecule has 0 aromatic rings. The Morgan fingerprint density at radius 3 is 2.73 bits per heavy atom. The van der Waals surface area contributed by atoms with Crippen molar-refractivity contribution >= 4 is 17.7 Å². The van der Waals surface area contributed by atoms with Crippen LogP contribution in [0.4, 0.5) is 0 Å². The third kappa shape index (κ3) is 1.51. The van der Waals surface area contributed by atoms with Crippen LogP contribution < -0.4 is 0 Å². The summed E-state index contributed by atoms with van der Waals surface area (Å²) in [7, 11) is 0. The largest absolute Gasteiger partial charge is 0.372 e. The molecule has 2 unspecified atom stereocenters. The molecule has 11 heavy (non-hydrogen) atoms. The van der Waals surface area contributed by atoms with Crippen LogP contribution in [0.5, 0.6) is 0 Å². The monoisotopic (exact) mass is 175 g/mol. The minimum Gasteiger partial charge on any atom is -0.372 e. The van der Waals surface area contributed by atoms with E-state index in [4.69, 9.17) is 0 Å². The van der Waals surface area contributed by atoms with E-state index in [1.54, 1.807) is 11.8 Å². The maximum absolute atomic E-state index is 11.1. The molecular weight excluding hydrogens is 162 g/mol. The first-order chi connectivity index (χ1) is 5.20. The molecule has 3 nitrogen and oxygen atoms in total. The molecule has 0 bridgehead atoms. The summed E-state index contributed by atoms with van der Waals surface area (Å²) in [5, 5.41) is 9.58. The van der Waals surface area contributed by atoms with E-state index in [2.05, 4.69) is 0 Å². The number of carbonyl (C=O) groups is 1. The lowest BCUT2D eigenvalue weighted by Gasteiger charge is -2.20. The van der Waals surface area contributed by atoms with Gasteiger partial charge < -0.3 is 10.0 Å².